The zero-order valence-electron chi connectivity index (χ0n) is 24.4. The van der Waals surface area contributed by atoms with Gasteiger partial charge in [0.25, 0.3) is 5.91 Å². The molecule has 0 unspecified atom stereocenters. The molecule has 3 N–H and O–H groups in total. The number of rotatable bonds is 9. The number of carbonyl (C=O) groups excluding carboxylic acids is 1. The lowest BCUT2D eigenvalue weighted by Crippen LogP contribution is -2.42. The third-order valence-electron chi connectivity index (χ3n) is 7.73. The van der Waals surface area contributed by atoms with E-state index >= 15 is 4.39 Å². The first-order valence-corrected chi connectivity index (χ1v) is 15.3. The van der Waals surface area contributed by atoms with Crippen LogP contribution >= 0.6 is 22.9 Å². The fraction of sp³-hybridized carbons (Fsp3) is 0.281. The topological polar surface area (TPSA) is 110 Å². The lowest BCUT2D eigenvalue weighted by Gasteiger charge is -2.30. The predicted molar refractivity (Wildman–Crippen MR) is 164 cm³/mol. The minimum Gasteiger partial charge on any atom is -0.494 e. The molecule has 6 rings (SSSR count). The number of nitrogens with one attached hydrogen (secondary N) is 1. The Morgan fingerprint density at radius 2 is 1.91 bits per heavy atom. The molecule has 45 heavy (non-hydrogen) atoms. The molecule has 3 heterocycles. The smallest absolute Gasteiger partial charge is 0.251 e. The molecule has 0 radical (unpaired) electrons. The number of methoxy groups -OCH3 is 1. The van der Waals surface area contributed by atoms with Crippen molar-refractivity contribution in [3.05, 3.63) is 98.2 Å². The minimum atomic E-state index is -2.07. The molecule has 0 saturated heterocycles. The van der Waals surface area contributed by atoms with E-state index < -0.39 is 57.4 Å². The fourth-order valence-electron chi connectivity index (χ4n) is 5.13. The number of aromatic nitrogens is 3. The van der Waals surface area contributed by atoms with E-state index in [1.165, 1.54) is 21.0 Å². The van der Waals surface area contributed by atoms with Crippen LogP contribution in [0.3, 0.4) is 0 Å². The second-order valence-electron chi connectivity index (χ2n) is 11.5. The van der Waals surface area contributed by atoms with Gasteiger partial charge < -0.3 is 20.3 Å². The van der Waals surface area contributed by atoms with Gasteiger partial charge in [-0.15, -0.1) is 11.3 Å². The van der Waals surface area contributed by atoms with Crippen LogP contribution < -0.4 is 10.1 Å². The summed E-state index contributed by atoms with van der Waals surface area (Å²) < 4.78 is 52.2. The number of benzene rings is 2. The van der Waals surface area contributed by atoms with E-state index in [9.17, 15) is 23.8 Å². The molecule has 8 nitrogen and oxygen atoms in total. The summed E-state index contributed by atoms with van der Waals surface area (Å²) in [6.45, 7) is 2.19. The van der Waals surface area contributed by atoms with Crippen molar-refractivity contribution >= 4 is 39.7 Å². The molecule has 0 aliphatic heterocycles. The fourth-order valence-corrected chi connectivity index (χ4v) is 6.13. The Balaban J connectivity index is 1.42. The van der Waals surface area contributed by atoms with Crippen molar-refractivity contribution in [3.63, 3.8) is 0 Å². The van der Waals surface area contributed by atoms with E-state index in [-0.39, 0.29) is 16.8 Å². The van der Waals surface area contributed by atoms with Crippen LogP contribution in [0.5, 0.6) is 5.75 Å². The molecule has 1 amide bonds. The maximum Gasteiger partial charge on any atom is 0.251 e. The summed E-state index contributed by atoms with van der Waals surface area (Å²) in [6.07, 6.45) is 3.91. The highest BCUT2D eigenvalue weighted by atomic mass is 35.5. The number of nitrogens with zero attached hydrogens (tertiary/aromatic N) is 3. The van der Waals surface area contributed by atoms with Crippen molar-refractivity contribution in [3.8, 4) is 17.0 Å². The zero-order valence-corrected chi connectivity index (χ0v) is 25.9. The summed E-state index contributed by atoms with van der Waals surface area (Å²) in [5.74, 6) is -3.43. The molecule has 0 spiro atoms. The normalized spacial score (nSPS) is 14.9. The number of carbonyl (C=O) groups is 1. The first kappa shape index (κ1) is 31.0. The molecule has 1 fully saturated rings. The second kappa shape index (κ2) is 11.4. The molecular weight excluding hydrogens is 629 g/mol. The van der Waals surface area contributed by atoms with Crippen molar-refractivity contribution in [2.45, 2.75) is 43.9 Å². The number of pyridine rings is 1. The zero-order chi connectivity index (χ0) is 32.3. The maximum atomic E-state index is 15.9. The van der Waals surface area contributed by atoms with Gasteiger partial charge in [-0.05, 0) is 62.4 Å². The van der Waals surface area contributed by atoms with E-state index in [0.717, 1.165) is 36.3 Å². The lowest BCUT2D eigenvalue weighted by molar-refractivity contribution is 0.0644. The predicted octanol–water partition coefficient (Wildman–Crippen LogP) is 6.47. The van der Waals surface area contributed by atoms with Gasteiger partial charge >= 0.3 is 0 Å². The van der Waals surface area contributed by atoms with Gasteiger partial charge in [0.1, 0.15) is 28.6 Å². The largest absolute Gasteiger partial charge is 0.494 e. The Morgan fingerprint density at radius 1 is 1.16 bits per heavy atom. The quantitative estimate of drug-likeness (QED) is 0.157. The van der Waals surface area contributed by atoms with Crippen LogP contribution in [-0.4, -0.2) is 44.5 Å². The summed E-state index contributed by atoms with van der Waals surface area (Å²) in [7, 11) is 1.48. The maximum absolute atomic E-state index is 15.9. The standard InChI is InChI=1S/C32H28ClF3N4O4S/c1-31(2,42)20-12-25(38-29(27(20)36)19-11-21(33)23(35)13-22(19)34)32(43,26-5-4-8-45-26)15-37-30(41)16-9-17-14-40(18-6-7-18)39-28(17)24(10-16)44-3/h4-5,8-14,18,42-43H,6-7,15H2,1-3H3,(H,37,41)/t32-/m0/s1. The van der Waals surface area contributed by atoms with Crippen LogP contribution in [0.2, 0.25) is 5.02 Å². The number of hydrogen-bond donors (Lipinski definition) is 3. The average molecular weight is 657 g/mol. The molecular formula is C32H28ClF3N4O4S. The molecule has 2 aromatic carbocycles. The van der Waals surface area contributed by atoms with Gasteiger partial charge in [0.15, 0.2) is 11.4 Å². The van der Waals surface area contributed by atoms with Crippen molar-refractivity contribution in [2.24, 2.45) is 0 Å². The molecule has 3 aromatic heterocycles. The minimum absolute atomic E-state index is 0.197. The second-order valence-corrected chi connectivity index (χ2v) is 12.9. The Morgan fingerprint density at radius 3 is 2.56 bits per heavy atom. The number of aliphatic hydroxyl groups is 2. The van der Waals surface area contributed by atoms with E-state index in [4.69, 9.17) is 16.3 Å². The molecule has 234 valence electrons. The molecule has 1 saturated carbocycles. The third kappa shape index (κ3) is 5.79. The van der Waals surface area contributed by atoms with Gasteiger partial charge in [-0.2, -0.15) is 5.10 Å². The summed E-state index contributed by atoms with van der Waals surface area (Å²) in [6, 6.07) is 9.36. The highest BCUT2D eigenvalue weighted by Gasteiger charge is 2.38. The summed E-state index contributed by atoms with van der Waals surface area (Å²) in [5, 5.41) is 32.3. The van der Waals surface area contributed by atoms with E-state index in [0.29, 0.717) is 33.6 Å². The summed E-state index contributed by atoms with van der Waals surface area (Å²) in [4.78, 5) is 18.1. The van der Waals surface area contributed by atoms with Crippen molar-refractivity contribution < 1.29 is 32.9 Å². The number of fused-ring (bicyclic) bond motifs is 1. The van der Waals surface area contributed by atoms with Crippen LogP contribution in [0, 0.1) is 17.5 Å². The van der Waals surface area contributed by atoms with E-state index in [2.05, 4.69) is 15.4 Å². The van der Waals surface area contributed by atoms with Gasteiger partial charge in [-0.3, -0.25) is 9.48 Å². The van der Waals surface area contributed by atoms with Crippen LogP contribution in [0.1, 0.15) is 59.2 Å². The molecule has 1 aliphatic carbocycles. The van der Waals surface area contributed by atoms with Gasteiger partial charge in [-0.1, -0.05) is 17.7 Å². The van der Waals surface area contributed by atoms with Gasteiger partial charge in [0.2, 0.25) is 0 Å². The first-order valence-electron chi connectivity index (χ1n) is 14.0. The number of thiophene rings is 1. The number of ether oxygens (including phenoxy) is 1. The van der Waals surface area contributed by atoms with Crippen LogP contribution in [0.15, 0.2) is 54.0 Å². The Labute approximate surface area is 265 Å². The van der Waals surface area contributed by atoms with Crippen molar-refractivity contribution in [1.82, 2.24) is 20.1 Å². The molecule has 5 aromatic rings. The number of amides is 1. The number of hydrogen-bond acceptors (Lipinski definition) is 7. The Bertz CT molecular complexity index is 1940. The summed E-state index contributed by atoms with van der Waals surface area (Å²) >= 11 is 7.04. The van der Waals surface area contributed by atoms with E-state index in [1.54, 1.807) is 29.6 Å². The molecule has 0 bridgehead atoms. The number of halogens is 4. The van der Waals surface area contributed by atoms with E-state index in [1.807, 2.05) is 10.9 Å². The van der Waals surface area contributed by atoms with Crippen molar-refractivity contribution in [1.29, 1.82) is 0 Å². The van der Waals surface area contributed by atoms with Crippen LogP contribution in [0.25, 0.3) is 22.2 Å². The highest BCUT2D eigenvalue weighted by molar-refractivity contribution is 7.10. The SMILES string of the molecule is COc1cc(C(=O)NC[C@](O)(c2cc(C(C)(C)O)c(F)c(-c3cc(Cl)c(F)cc3F)n2)c2cccs2)cc2cn(C3CC3)nc12. The van der Waals surface area contributed by atoms with Crippen LogP contribution in [-0.2, 0) is 11.2 Å². The van der Waals surface area contributed by atoms with Crippen LogP contribution in [0.4, 0.5) is 13.2 Å². The Kier molecular flexibility index (Phi) is 7.88. The molecule has 1 atom stereocenters. The molecule has 13 heteroatoms. The lowest BCUT2D eigenvalue weighted by atomic mass is 9.89. The molecule has 1 aliphatic rings. The average Bonchev–Trinajstić information content (AvgIpc) is 3.50. The summed E-state index contributed by atoms with van der Waals surface area (Å²) in [5.41, 5.74) is -4.61. The van der Waals surface area contributed by atoms with Gasteiger partial charge in [0, 0.05) is 39.2 Å². The van der Waals surface area contributed by atoms with Crippen molar-refractivity contribution in [2.75, 3.05) is 13.7 Å². The monoisotopic (exact) mass is 656 g/mol. The first-order chi connectivity index (χ1) is 21.3. The van der Waals surface area contributed by atoms with Gasteiger partial charge in [-0.25, -0.2) is 18.2 Å². The van der Waals surface area contributed by atoms with Gasteiger partial charge in [0.05, 0.1) is 36.0 Å². The third-order valence-corrected chi connectivity index (χ3v) is 9.04. The Hall–Kier alpha value is -3.97. The highest BCUT2D eigenvalue weighted by Crippen LogP contribution is 2.39.